The number of fused-ring (bicyclic) bond motifs is 3. The molecule has 6 N–H and O–H groups in total. The van der Waals surface area contributed by atoms with Crippen LogP contribution in [0.15, 0.2) is 297 Å². The van der Waals surface area contributed by atoms with Crippen LogP contribution < -0.4 is 14.7 Å². The minimum atomic E-state index is -0.375. The van der Waals surface area contributed by atoms with E-state index in [-0.39, 0.29) is 96.9 Å². The molecule has 6 atom stereocenters. The fourth-order valence-corrected chi connectivity index (χ4v) is 17.2. The van der Waals surface area contributed by atoms with Crippen molar-refractivity contribution >= 4 is 49.4 Å². The number of rotatable bonds is 16. The first-order valence-electron chi connectivity index (χ1n) is 47.5. The van der Waals surface area contributed by atoms with Crippen LogP contribution in [-0.2, 0) is 60.3 Å². The Hall–Kier alpha value is -9.84. The predicted molar refractivity (Wildman–Crippen MR) is 550 cm³/mol. The zero-order chi connectivity index (χ0) is 94.6. The molecule has 136 heavy (non-hydrogen) atoms. The van der Waals surface area contributed by atoms with Gasteiger partial charge in [0.25, 0.3) is 0 Å². The molecule has 6 aliphatic rings. The summed E-state index contributed by atoms with van der Waals surface area (Å²) in [4.78, 5) is 26.2. The molecule has 15 nitrogen and oxygen atoms in total. The topological polar surface area (TPSA) is 179 Å². The summed E-state index contributed by atoms with van der Waals surface area (Å²) in [5.41, 5.74) is 19.5. The summed E-state index contributed by atoms with van der Waals surface area (Å²) in [5, 5.41) is 58.8. The van der Waals surface area contributed by atoms with Gasteiger partial charge in [-0.15, -0.1) is 125 Å². The van der Waals surface area contributed by atoms with Gasteiger partial charge in [0.2, 0.25) is 0 Å². The van der Waals surface area contributed by atoms with Gasteiger partial charge in [-0.3, -0.25) is 0 Å². The first kappa shape index (κ1) is 111. The molecule has 13 aromatic rings. The van der Waals surface area contributed by atoms with Gasteiger partial charge in [-0.1, -0.05) is 131 Å². The molecule has 0 spiro atoms. The largest absolute Gasteiger partial charge is 3.00 e. The summed E-state index contributed by atoms with van der Waals surface area (Å²) in [5.74, 6) is 2.21. The molecule has 3 aliphatic heterocycles. The van der Waals surface area contributed by atoms with Crippen molar-refractivity contribution in [2.45, 2.75) is 233 Å². The Labute approximate surface area is 852 Å². The van der Waals surface area contributed by atoms with Crippen LogP contribution in [-0.4, -0.2) is 118 Å². The van der Waals surface area contributed by atoms with E-state index in [1.807, 2.05) is 209 Å². The number of anilines is 3. The molecular weight excluding hydrogens is 2220 g/mol. The van der Waals surface area contributed by atoms with Crippen LogP contribution in [0.25, 0.3) is 77.2 Å². The zero-order valence-electron chi connectivity index (χ0n) is 81.3. The Bertz CT molecular complexity index is 5560. The Morgan fingerprint density at radius 2 is 0.684 bits per heavy atom. The van der Waals surface area contributed by atoms with Crippen LogP contribution in [0, 0.1) is 61.8 Å². The molecule has 0 bridgehead atoms. The van der Waals surface area contributed by atoms with Gasteiger partial charge in [0.1, 0.15) is 0 Å². The molecule has 6 unspecified atom stereocenters. The van der Waals surface area contributed by atoms with Gasteiger partial charge in [-0.25, -0.2) is 0 Å². The van der Waals surface area contributed by atoms with Gasteiger partial charge in [0.15, 0.2) is 0 Å². The Kier molecular flexibility index (Phi) is 47.1. The summed E-state index contributed by atoms with van der Waals surface area (Å²) in [6.07, 6.45) is 32.1. The van der Waals surface area contributed by atoms with Crippen LogP contribution in [0.1, 0.15) is 213 Å². The molecule has 718 valence electrons. The first-order valence-corrected chi connectivity index (χ1v) is 47.5. The van der Waals surface area contributed by atoms with Gasteiger partial charge in [-0.2, -0.15) is 111 Å². The van der Waals surface area contributed by atoms with Crippen molar-refractivity contribution < 1.29 is 91.0 Å². The number of hydrogen-bond acceptors (Lipinski definition) is 15. The Morgan fingerprint density at radius 1 is 0.346 bits per heavy atom. The van der Waals surface area contributed by atoms with Crippen LogP contribution in [0.4, 0.5) is 17.1 Å². The maximum Gasteiger partial charge on any atom is 3.00 e. The standard InChI is InChI=1S/C27H24N.C23H24N.C21H20N.2C11H12N2.C10H10N2.3C5H12O2.3Ir/c1-3-7-20(8-4-1)21-11-13-22(14-12-21)25-16-15-23-17-18-28-27(26(23)19-25)24-9-5-2-6-10-24;1-23(2)13-10-17(11-14-23)19-8-9-21-20(16-19)12-15-24-22(21)18-6-4-3-5-7-18;1-3-7-16(8-4-1)18-11-12-20-19(15-18)13-14-22-21(20)17-9-5-2-6-10-17;2*1-10-8-13(9-12(10)2)11-6-4-3-5-7-11;1-11-7-8-12(9-11)10-5-3-2-4-6-10;3*1-4(6)3-5(2)7;;;/h2,5-6,9,11-20H,1,3-4,7-8H2;3-6,8-9,12,15-17H,10-11,13-14H2,1-2H3;2,5-6,9,11-16H,1,3-4,7-8H2;2*3-6,8-9H,1-2H3;2-5,7-9H,1H3;3*4-7H,3H2,1-2H3;;;/q3*-1;3*-2;;;;3*+3. The van der Waals surface area contributed by atoms with E-state index in [2.05, 4.69) is 226 Å². The third kappa shape index (κ3) is 35.6. The van der Waals surface area contributed by atoms with E-state index in [1.54, 1.807) is 41.5 Å². The summed E-state index contributed by atoms with van der Waals surface area (Å²) < 4.78 is 0. The molecule has 6 heterocycles. The Balaban J connectivity index is 0.000000195. The zero-order valence-corrected chi connectivity index (χ0v) is 88.5. The number of aliphatic hydroxyl groups is 6. The molecule has 3 saturated carbocycles. The van der Waals surface area contributed by atoms with E-state index in [1.165, 1.54) is 161 Å². The minimum absolute atomic E-state index is 0. The van der Waals surface area contributed by atoms with Crippen LogP contribution in [0.3, 0.4) is 0 Å². The average Bonchev–Trinajstić information content (AvgIpc) is 1.35. The number of pyridine rings is 3. The maximum absolute atomic E-state index is 8.56. The summed E-state index contributed by atoms with van der Waals surface area (Å²) >= 11 is 0. The van der Waals surface area contributed by atoms with E-state index in [9.17, 15) is 0 Å². The molecule has 18 heteroatoms. The van der Waals surface area contributed by atoms with Crippen LogP contribution in [0.5, 0.6) is 0 Å². The van der Waals surface area contributed by atoms with Crippen molar-refractivity contribution in [1.82, 2.24) is 29.7 Å². The minimum Gasteiger partial charge on any atom is -0.510 e. The van der Waals surface area contributed by atoms with Crippen molar-refractivity contribution in [2.24, 2.45) is 5.41 Å². The van der Waals surface area contributed by atoms with Gasteiger partial charge >= 0.3 is 60.3 Å². The van der Waals surface area contributed by atoms with E-state index in [4.69, 9.17) is 30.6 Å². The molecule has 10 aromatic carbocycles. The fraction of sp³-hybridized carbons (Fsp3) is 0.339. The quantitative estimate of drug-likeness (QED) is 0.0503. The number of benzene rings is 10. The van der Waals surface area contributed by atoms with Crippen molar-refractivity contribution in [2.75, 3.05) is 35.8 Å². The Morgan fingerprint density at radius 3 is 1.01 bits per heavy atom. The molecule has 3 aromatic heterocycles. The van der Waals surface area contributed by atoms with Crippen molar-refractivity contribution in [3.63, 3.8) is 0 Å². The molecule has 0 radical (unpaired) electrons. The second-order valence-corrected chi connectivity index (χ2v) is 36.8. The summed E-state index contributed by atoms with van der Waals surface area (Å²) in [6, 6.07) is 104. The molecule has 3 aliphatic carbocycles. The smallest absolute Gasteiger partial charge is 0.510 e. The van der Waals surface area contributed by atoms with Gasteiger partial charge in [0.05, 0.1) is 36.6 Å². The molecular formula is C118H138Ir3N9O6. The van der Waals surface area contributed by atoms with Gasteiger partial charge in [-0.05, 0) is 302 Å². The number of aliphatic hydroxyl groups excluding tert-OH is 6. The third-order valence-electron chi connectivity index (χ3n) is 24.5. The van der Waals surface area contributed by atoms with Crippen LogP contribution in [0.2, 0.25) is 0 Å². The molecule has 3 fully saturated rings. The van der Waals surface area contributed by atoms with Crippen molar-refractivity contribution in [3.8, 4) is 44.9 Å². The van der Waals surface area contributed by atoms with Crippen molar-refractivity contribution in [1.29, 1.82) is 0 Å². The summed E-state index contributed by atoms with van der Waals surface area (Å²) in [7, 11) is 6.07. The first-order chi connectivity index (χ1) is 64.2. The molecule has 0 amide bonds. The van der Waals surface area contributed by atoms with E-state index in [0.717, 1.165) is 62.7 Å². The van der Waals surface area contributed by atoms with Crippen LogP contribution >= 0.6 is 0 Å². The SMILES string of the molecule is CC(O)CC(C)O.CC(O)CC(C)O.CC(O)CC(C)O.CC1(C)CCC(c2ccc3c(-c4[c-]cccc4)nccc3c2)CC1.CC1=CN(c2[c-]cccc2)[CH-]N1C.CC1=CN(c2[c-]cccc2)[CH-]N1C.CN1C=CN(c2[c-]cccc2)[CH-]1.[Ir+3].[Ir+3].[Ir+3].[c-]1ccccc1-c1nccc2cc(C3CCCCC3)ccc12.[c-]1ccccc1-c1nccc2ccc(-c3ccc(C4CCCCC4)cc3)cc12. The number of allylic oxidation sites excluding steroid dienone is 2. The monoisotopic (exact) mass is 2360 g/mol. The average molecular weight is 2360 g/mol. The third-order valence-corrected chi connectivity index (χ3v) is 24.5. The number of nitrogens with zero attached hydrogens (tertiary/aromatic N) is 9. The van der Waals surface area contributed by atoms with Gasteiger partial charge < -0.3 is 75.0 Å². The second kappa shape index (κ2) is 57.5. The maximum atomic E-state index is 8.56. The van der Waals surface area contributed by atoms with E-state index < -0.39 is 0 Å². The van der Waals surface area contributed by atoms with Gasteiger partial charge in [0, 0.05) is 18.6 Å². The predicted octanol–water partition coefficient (Wildman–Crippen LogP) is 26.2. The summed E-state index contributed by atoms with van der Waals surface area (Å²) in [6.45, 7) is 25.0. The van der Waals surface area contributed by atoms with Crippen molar-refractivity contribution in [3.05, 3.63) is 371 Å². The molecule has 19 rings (SSSR count). The fourth-order valence-electron chi connectivity index (χ4n) is 17.2. The molecule has 0 saturated heterocycles. The number of para-hydroxylation sites is 3. The number of hydrogen-bond donors (Lipinski definition) is 6. The number of aromatic nitrogens is 3. The second-order valence-electron chi connectivity index (χ2n) is 36.8. The van der Waals surface area contributed by atoms with E-state index in [0.29, 0.717) is 30.6 Å². The van der Waals surface area contributed by atoms with E-state index >= 15 is 0 Å². The normalized spacial score (nSPS) is 16.3.